The van der Waals surface area contributed by atoms with Gasteiger partial charge >= 0.3 is 0 Å². The Balaban J connectivity index is 0.00000161. The number of nitrogens with one attached hydrogen (secondary N) is 1. The average Bonchev–Trinajstić information content (AvgIpc) is 2.63. The van der Waals surface area contributed by atoms with Gasteiger partial charge in [0.1, 0.15) is 0 Å². The van der Waals surface area contributed by atoms with Crippen molar-refractivity contribution in [1.29, 1.82) is 0 Å². The van der Waals surface area contributed by atoms with Crippen molar-refractivity contribution in [2.24, 2.45) is 0 Å². The summed E-state index contributed by atoms with van der Waals surface area (Å²) in [5, 5.41) is 3.34. The number of benzene rings is 1. The van der Waals surface area contributed by atoms with Crippen molar-refractivity contribution in [2.45, 2.75) is 43.2 Å². The summed E-state index contributed by atoms with van der Waals surface area (Å²) >= 11 is 3.39. The minimum atomic E-state index is -3.40. The number of rotatable bonds is 2. The van der Waals surface area contributed by atoms with E-state index in [1.54, 1.807) is 16.4 Å². The molecule has 1 aromatic rings. The summed E-state index contributed by atoms with van der Waals surface area (Å²) in [6.07, 6.45) is 2.86. The molecule has 0 spiro atoms. The molecule has 21 heavy (non-hydrogen) atoms. The highest BCUT2D eigenvalue weighted by molar-refractivity contribution is 9.10. The van der Waals surface area contributed by atoms with Gasteiger partial charge < -0.3 is 5.32 Å². The topological polar surface area (TPSA) is 49.4 Å². The molecule has 0 saturated carbocycles. The number of halogens is 2. The standard InChI is InChI=1S/C14H19BrN2O2S.ClH/c1-10-8-11(15)2-5-14(10)20(18,19)17-12-3-4-13(17)9-16-7-6-12;/h2,5,8,12-13,16H,3-4,6-7,9H2,1H3;1H. The van der Waals surface area contributed by atoms with Crippen LogP contribution in [0.4, 0.5) is 0 Å². The zero-order chi connectivity index (χ0) is 14.3. The van der Waals surface area contributed by atoms with E-state index >= 15 is 0 Å². The average molecular weight is 396 g/mol. The minimum absolute atomic E-state index is 0. The van der Waals surface area contributed by atoms with E-state index in [1.165, 1.54) is 0 Å². The van der Waals surface area contributed by atoms with E-state index < -0.39 is 10.0 Å². The maximum Gasteiger partial charge on any atom is 0.243 e. The molecular formula is C14H20BrClN2O2S. The third kappa shape index (κ3) is 3.15. The molecule has 2 aliphatic heterocycles. The molecule has 2 heterocycles. The summed E-state index contributed by atoms with van der Waals surface area (Å²) in [5.41, 5.74) is 0.802. The quantitative estimate of drug-likeness (QED) is 0.837. The second-order valence-electron chi connectivity index (χ2n) is 5.62. The van der Waals surface area contributed by atoms with Crippen LogP contribution in [0.2, 0.25) is 0 Å². The number of sulfonamides is 1. The normalized spacial score (nSPS) is 26.2. The molecule has 1 aromatic carbocycles. The molecule has 2 atom stereocenters. The van der Waals surface area contributed by atoms with Gasteiger partial charge in [-0.2, -0.15) is 4.31 Å². The van der Waals surface area contributed by atoms with E-state index in [-0.39, 0.29) is 24.5 Å². The van der Waals surface area contributed by atoms with Crippen molar-refractivity contribution in [3.63, 3.8) is 0 Å². The van der Waals surface area contributed by atoms with E-state index in [0.717, 1.165) is 42.4 Å². The van der Waals surface area contributed by atoms with Crippen LogP contribution in [0.1, 0.15) is 24.8 Å². The fraction of sp³-hybridized carbons (Fsp3) is 0.571. The first kappa shape index (κ1) is 17.2. The molecule has 2 unspecified atom stereocenters. The summed E-state index contributed by atoms with van der Waals surface area (Å²) in [5.74, 6) is 0. The fourth-order valence-electron chi connectivity index (χ4n) is 3.35. The molecule has 2 bridgehead atoms. The van der Waals surface area contributed by atoms with Crippen molar-refractivity contribution in [3.8, 4) is 0 Å². The lowest BCUT2D eigenvalue weighted by Gasteiger charge is -2.27. The monoisotopic (exact) mass is 394 g/mol. The van der Waals surface area contributed by atoms with E-state index in [9.17, 15) is 8.42 Å². The molecule has 0 radical (unpaired) electrons. The molecule has 2 saturated heterocycles. The van der Waals surface area contributed by atoms with Gasteiger partial charge in [-0.25, -0.2) is 8.42 Å². The molecule has 118 valence electrons. The Morgan fingerprint density at radius 3 is 2.67 bits per heavy atom. The van der Waals surface area contributed by atoms with Crippen LogP contribution >= 0.6 is 28.3 Å². The first-order valence-electron chi connectivity index (χ1n) is 7.00. The van der Waals surface area contributed by atoms with Gasteiger partial charge in [0.05, 0.1) is 4.90 Å². The third-order valence-electron chi connectivity index (χ3n) is 4.28. The smallest absolute Gasteiger partial charge is 0.243 e. The molecule has 7 heteroatoms. The van der Waals surface area contributed by atoms with Crippen molar-refractivity contribution in [2.75, 3.05) is 13.1 Å². The van der Waals surface area contributed by atoms with E-state index in [0.29, 0.717) is 4.90 Å². The van der Waals surface area contributed by atoms with E-state index in [1.807, 2.05) is 13.0 Å². The van der Waals surface area contributed by atoms with Gasteiger partial charge in [-0.3, -0.25) is 0 Å². The molecular weight excluding hydrogens is 376 g/mol. The summed E-state index contributed by atoms with van der Waals surface area (Å²) in [6.45, 7) is 3.54. The van der Waals surface area contributed by atoms with Crippen LogP contribution in [0, 0.1) is 6.92 Å². The number of hydrogen-bond donors (Lipinski definition) is 1. The summed E-state index contributed by atoms with van der Waals surface area (Å²) in [4.78, 5) is 0.444. The second kappa shape index (κ2) is 6.54. The van der Waals surface area contributed by atoms with Crippen LogP contribution in [0.5, 0.6) is 0 Å². The number of fused-ring (bicyclic) bond motifs is 2. The lowest BCUT2D eigenvalue weighted by molar-refractivity contribution is 0.334. The third-order valence-corrected chi connectivity index (χ3v) is 6.94. The van der Waals surface area contributed by atoms with E-state index in [4.69, 9.17) is 0 Å². The van der Waals surface area contributed by atoms with Gasteiger partial charge in [-0.15, -0.1) is 12.4 Å². The van der Waals surface area contributed by atoms with Gasteiger partial charge in [0, 0.05) is 23.1 Å². The minimum Gasteiger partial charge on any atom is -0.315 e. The summed E-state index contributed by atoms with van der Waals surface area (Å²) in [7, 11) is -3.40. The van der Waals surface area contributed by atoms with Crippen LogP contribution in [0.25, 0.3) is 0 Å². The van der Waals surface area contributed by atoms with Gasteiger partial charge in [-0.05, 0) is 56.5 Å². The molecule has 3 rings (SSSR count). The molecule has 2 fully saturated rings. The Morgan fingerprint density at radius 1 is 1.24 bits per heavy atom. The van der Waals surface area contributed by atoms with E-state index in [2.05, 4.69) is 21.2 Å². The second-order valence-corrected chi connectivity index (χ2v) is 8.35. The van der Waals surface area contributed by atoms with Gasteiger partial charge in [0.2, 0.25) is 10.0 Å². The highest BCUT2D eigenvalue weighted by Crippen LogP contribution is 2.35. The lowest BCUT2D eigenvalue weighted by Crippen LogP contribution is -2.42. The first-order chi connectivity index (χ1) is 9.50. The Morgan fingerprint density at radius 2 is 1.95 bits per heavy atom. The summed E-state index contributed by atoms with van der Waals surface area (Å²) < 4.78 is 28.7. The maximum absolute atomic E-state index is 13.0. The predicted molar refractivity (Wildman–Crippen MR) is 89.4 cm³/mol. The van der Waals surface area contributed by atoms with Crippen LogP contribution in [-0.4, -0.2) is 37.9 Å². The van der Waals surface area contributed by atoms with Gasteiger partial charge in [-0.1, -0.05) is 15.9 Å². The zero-order valence-electron chi connectivity index (χ0n) is 11.9. The zero-order valence-corrected chi connectivity index (χ0v) is 15.1. The Kier molecular flexibility index (Phi) is 5.36. The van der Waals surface area contributed by atoms with Crippen molar-refractivity contribution >= 4 is 38.4 Å². The SMILES string of the molecule is Cc1cc(Br)ccc1S(=O)(=O)N1C2CCNCC1CC2.Cl. The number of aryl methyl sites for hydroxylation is 1. The van der Waals surface area contributed by atoms with Crippen molar-refractivity contribution in [1.82, 2.24) is 9.62 Å². The lowest BCUT2D eigenvalue weighted by atomic mass is 10.1. The highest BCUT2D eigenvalue weighted by atomic mass is 79.9. The van der Waals surface area contributed by atoms with Crippen molar-refractivity contribution < 1.29 is 8.42 Å². The number of hydrogen-bond acceptors (Lipinski definition) is 3. The van der Waals surface area contributed by atoms with Crippen LogP contribution < -0.4 is 5.32 Å². The van der Waals surface area contributed by atoms with Crippen LogP contribution in [-0.2, 0) is 10.0 Å². The van der Waals surface area contributed by atoms with Gasteiger partial charge in [0.15, 0.2) is 0 Å². The van der Waals surface area contributed by atoms with Crippen molar-refractivity contribution in [3.05, 3.63) is 28.2 Å². The largest absolute Gasteiger partial charge is 0.315 e. The summed E-state index contributed by atoms with van der Waals surface area (Å²) in [6, 6.07) is 5.65. The maximum atomic E-state index is 13.0. The molecule has 0 aromatic heterocycles. The van der Waals surface area contributed by atoms with Crippen LogP contribution in [0.15, 0.2) is 27.6 Å². The predicted octanol–water partition coefficient (Wildman–Crippen LogP) is 2.69. The molecule has 4 nitrogen and oxygen atoms in total. The van der Waals surface area contributed by atoms with Crippen LogP contribution in [0.3, 0.4) is 0 Å². The molecule has 0 aliphatic carbocycles. The number of nitrogens with zero attached hydrogens (tertiary/aromatic N) is 1. The molecule has 1 N–H and O–H groups in total. The molecule has 0 amide bonds. The fourth-order valence-corrected chi connectivity index (χ4v) is 5.93. The first-order valence-corrected chi connectivity index (χ1v) is 9.24. The highest BCUT2D eigenvalue weighted by Gasteiger charge is 2.43. The Bertz CT molecular complexity index is 609. The Labute approximate surface area is 140 Å². The molecule has 2 aliphatic rings. The van der Waals surface area contributed by atoms with Gasteiger partial charge in [0.25, 0.3) is 0 Å². The Hall–Kier alpha value is -0.140.